The Morgan fingerprint density at radius 1 is 0.444 bits per heavy atom. The van der Waals surface area contributed by atoms with Crippen LogP contribution in [-0.4, -0.2) is 221 Å². The van der Waals surface area contributed by atoms with Gasteiger partial charge in [0.15, 0.2) is 6.29 Å². The first kappa shape index (κ1) is 37.0. The number of hydrogen-bond donors (Lipinski definition) is 14. The van der Waals surface area contributed by atoms with Gasteiger partial charge in [-0.25, -0.2) is 0 Å². The molecule has 0 spiro atoms. The van der Waals surface area contributed by atoms with E-state index in [9.17, 15) is 71.5 Å². The Balaban J connectivity index is 1.65. The molecule has 0 amide bonds. The van der Waals surface area contributed by atoms with Gasteiger partial charge in [-0.1, -0.05) is 0 Å². The van der Waals surface area contributed by atoms with E-state index < -0.39 is 149 Å². The summed E-state index contributed by atoms with van der Waals surface area (Å²) < 4.78 is 38.7. The highest BCUT2D eigenvalue weighted by molar-refractivity contribution is 5.03. The smallest absolute Gasteiger partial charge is 0.224 e. The number of aliphatic hydroxyl groups excluding tert-OH is 14. The van der Waals surface area contributed by atoms with Crippen molar-refractivity contribution in [2.75, 3.05) is 46.2 Å². The van der Waals surface area contributed by atoms with Crippen molar-refractivity contribution < 1.29 is 105 Å². The molecule has 0 aromatic heterocycles. The Kier molecular flexibility index (Phi) is 11.8. The summed E-state index contributed by atoms with van der Waals surface area (Å²) in [4.78, 5) is 0. The minimum absolute atomic E-state index is 0.809. The summed E-state index contributed by atoms with van der Waals surface area (Å²) in [5.74, 6) is -7.73. The monoisotopic (exact) mass is 666 g/mol. The molecule has 0 aliphatic carbocycles. The van der Waals surface area contributed by atoms with Gasteiger partial charge in [0.1, 0.15) is 99.2 Å². The third-order valence-electron chi connectivity index (χ3n) is 8.48. The van der Waals surface area contributed by atoms with Crippen molar-refractivity contribution in [3.05, 3.63) is 0 Å². The van der Waals surface area contributed by atoms with Gasteiger partial charge in [-0.3, -0.25) is 0 Å². The van der Waals surface area contributed by atoms with E-state index in [1.807, 2.05) is 0 Å². The van der Waals surface area contributed by atoms with Crippen LogP contribution in [0.3, 0.4) is 0 Å². The molecule has 4 rings (SSSR count). The van der Waals surface area contributed by atoms with Crippen LogP contribution < -0.4 is 0 Å². The van der Waals surface area contributed by atoms with Crippen LogP contribution in [-0.2, 0) is 33.2 Å². The normalized spacial score (nSPS) is 52.1. The molecule has 21 heteroatoms. The lowest BCUT2D eigenvalue weighted by Gasteiger charge is -2.44. The maximum absolute atomic E-state index is 11.0. The number of ether oxygens (including phenoxy) is 7. The SMILES string of the molecule is OCC1OC(OC2(CO[C@]3(CO[C@]4(CO)OC(CO)C(O)C4O)OC(CO)C(O)C3O)OC(CO)C(O)C2O)C(O)C(O)C1O. The van der Waals surface area contributed by atoms with Crippen molar-refractivity contribution >= 4 is 0 Å². The van der Waals surface area contributed by atoms with E-state index in [4.69, 9.17) is 33.2 Å². The molecular formula is C24H42O21. The fourth-order valence-corrected chi connectivity index (χ4v) is 5.65. The maximum atomic E-state index is 11.0. The zero-order valence-corrected chi connectivity index (χ0v) is 23.7. The van der Waals surface area contributed by atoms with Crippen molar-refractivity contribution in [3.8, 4) is 0 Å². The number of aliphatic hydroxyl groups is 14. The molecule has 4 aliphatic heterocycles. The molecule has 4 heterocycles. The summed E-state index contributed by atoms with van der Waals surface area (Å²) in [5, 5.41) is 143. The minimum atomic E-state index is -2.67. The van der Waals surface area contributed by atoms with Gasteiger partial charge in [-0.05, 0) is 0 Å². The van der Waals surface area contributed by atoms with Gasteiger partial charge >= 0.3 is 0 Å². The second-order valence-corrected chi connectivity index (χ2v) is 11.3. The molecular weight excluding hydrogens is 624 g/mol. The van der Waals surface area contributed by atoms with Gasteiger partial charge in [-0.2, -0.15) is 0 Å². The molecule has 45 heavy (non-hydrogen) atoms. The van der Waals surface area contributed by atoms with E-state index in [2.05, 4.69) is 0 Å². The lowest BCUT2D eigenvalue weighted by molar-refractivity contribution is -0.404. The van der Waals surface area contributed by atoms with Crippen LogP contribution in [0.2, 0.25) is 0 Å². The topological polar surface area (TPSA) is 348 Å². The Morgan fingerprint density at radius 2 is 0.844 bits per heavy atom. The Hall–Kier alpha value is -0.840. The second-order valence-electron chi connectivity index (χ2n) is 11.3. The predicted octanol–water partition coefficient (Wildman–Crippen LogP) is -9.74. The van der Waals surface area contributed by atoms with E-state index in [1.165, 1.54) is 0 Å². The third-order valence-corrected chi connectivity index (χ3v) is 8.48. The summed E-state index contributed by atoms with van der Waals surface area (Å²) in [5.41, 5.74) is 0. The van der Waals surface area contributed by atoms with Crippen molar-refractivity contribution in [1.29, 1.82) is 0 Å². The van der Waals surface area contributed by atoms with Crippen LogP contribution in [0.5, 0.6) is 0 Å². The Labute approximate surface area is 254 Å². The molecule has 21 nitrogen and oxygen atoms in total. The molecule has 4 saturated heterocycles. The summed E-state index contributed by atoms with van der Waals surface area (Å²) in [6.45, 7) is -6.84. The molecule has 4 aliphatic rings. The lowest BCUT2D eigenvalue weighted by Crippen LogP contribution is -2.63. The van der Waals surface area contributed by atoms with Crippen LogP contribution >= 0.6 is 0 Å². The van der Waals surface area contributed by atoms with Gasteiger partial charge in [-0.15, -0.1) is 0 Å². The number of hydrogen-bond acceptors (Lipinski definition) is 21. The van der Waals surface area contributed by atoms with E-state index in [1.54, 1.807) is 0 Å². The first-order valence-electron chi connectivity index (χ1n) is 14.0. The molecule has 0 aromatic rings. The van der Waals surface area contributed by atoms with E-state index in [0.29, 0.717) is 0 Å². The summed E-state index contributed by atoms with van der Waals surface area (Å²) in [6.07, 6.45) is -25.6. The number of rotatable bonds is 13. The van der Waals surface area contributed by atoms with Crippen LogP contribution in [0.1, 0.15) is 0 Å². The highest BCUT2D eigenvalue weighted by atomic mass is 16.8. The third kappa shape index (κ3) is 6.49. The van der Waals surface area contributed by atoms with Gasteiger partial charge in [0.2, 0.25) is 17.4 Å². The van der Waals surface area contributed by atoms with Crippen LogP contribution in [0.25, 0.3) is 0 Å². The first-order chi connectivity index (χ1) is 21.2. The molecule has 14 N–H and O–H groups in total. The molecule has 0 radical (unpaired) electrons. The van der Waals surface area contributed by atoms with Gasteiger partial charge < -0.3 is 105 Å². The Morgan fingerprint density at radius 3 is 1.31 bits per heavy atom. The van der Waals surface area contributed by atoms with Crippen molar-refractivity contribution in [2.24, 2.45) is 0 Å². The summed E-state index contributed by atoms with van der Waals surface area (Å²) in [7, 11) is 0. The standard InChI is InChI=1S/C24H42O21/c25-1-8-12(30)16(34)17(35)21(41-8)45-24(20(38)15(33)11(4-28)44-24)7-40-23(19(37)14(32)10(3-27)43-23)6-39-22(5-29)18(36)13(31)9(2-26)42-22/h8-21,25-38H,1-7H2/t8?,9?,10?,11?,12?,13?,14?,15?,16?,17?,18?,19?,20?,21?,22-,23-,24?/m1/s1. The van der Waals surface area contributed by atoms with Gasteiger partial charge in [0.25, 0.3) is 0 Å². The lowest BCUT2D eigenvalue weighted by atomic mass is 9.99. The zero-order valence-electron chi connectivity index (χ0n) is 23.7. The van der Waals surface area contributed by atoms with Crippen LogP contribution in [0.15, 0.2) is 0 Å². The molecule has 0 aromatic carbocycles. The summed E-state index contributed by atoms with van der Waals surface area (Å²) in [6, 6.07) is 0. The molecule has 17 atom stereocenters. The van der Waals surface area contributed by atoms with Crippen LogP contribution in [0.4, 0.5) is 0 Å². The quantitative estimate of drug-likeness (QED) is 0.0867. The first-order valence-corrected chi connectivity index (χ1v) is 14.0. The second kappa shape index (κ2) is 14.3. The average Bonchev–Trinajstić information content (AvgIpc) is 3.55. The molecule has 0 saturated carbocycles. The largest absolute Gasteiger partial charge is 0.394 e. The highest BCUT2D eigenvalue weighted by Crippen LogP contribution is 2.41. The molecule has 0 bridgehead atoms. The fourth-order valence-electron chi connectivity index (χ4n) is 5.65. The molecule has 264 valence electrons. The van der Waals surface area contributed by atoms with Crippen molar-refractivity contribution in [1.82, 2.24) is 0 Å². The van der Waals surface area contributed by atoms with Crippen LogP contribution in [0, 0.1) is 0 Å². The van der Waals surface area contributed by atoms with E-state index >= 15 is 0 Å². The summed E-state index contributed by atoms with van der Waals surface area (Å²) >= 11 is 0. The van der Waals surface area contributed by atoms with Gasteiger partial charge in [0.05, 0.1) is 26.4 Å². The molecule has 15 unspecified atom stereocenters. The maximum Gasteiger partial charge on any atom is 0.224 e. The Bertz CT molecular complexity index is 962. The predicted molar refractivity (Wildman–Crippen MR) is 134 cm³/mol. The zero-order chi connectivity index (χ0) is 33.5. The van der Waals surface area contributed by atoms with E-state index in [-0.39, 0.29) is 0 Å². The highest BCUT2D eigenvalue weighted by Gasteiger charge is 2.64. The van der Waals surface area contributed by atoms with Crippen molar-refractivity contribution in [2.45, 2.75) is 103 Å². The van der Waals surface area contributed by atoms with E-state index in [0.717, 1.165) is 0 Å². The fraction of sp³-hybridized carbons (Fsp3) is 1.00. The van der Waals surface area contributed by atoms with Crippen molar-refractivity contribution in [3.63, 3.8) is 0 Å². The van der Waals surface area contributed by atoms with Gasteiger partial charge in [0, 0.05) is 0 Å². The molecule has 4 fully saturated rings. The average molecular weight is 667 g/mol. The minimum Gasteiger partial charge on any atom is -0.394 e.